The molecule has 5 rings (SSSR count). The van der Waals surface area contributed by atoms with Crippen molar-refractivity contribution in [1.29, 1.82) is 0 Å². The summed E-state index contributed by atoms with van der Waals surface area (Å²) in [5.41, 5.74) is 3.06. The van der Waals surface area contributed by atoms with Gasteiger partial charge in [-0.05, 0) is 61.4 Å². The number of amides is 2. The van der Waals surface area contributed by atoms with Gasteiger partial charge in [-0.2, -0.15) is 0 Å². The molecule has 8 nitrogen and oxygen atoms in total. The molecular weight excluding hydrogens is 430 g/mol. The van der Waals surface area contributed by atoms with Gasteiger partial charge in [0.05, 0.1) is 18.7 Å². The third-order valence-electron chi connectivity index (χ3n) is 6.39. The Morgan fingerprint density at radius 1 is 1.03 bits per heavy atom. The van der Waals surface area contributed by atoms with Crippen LogP contribution >= 0.6 is 0 Å². The maximum absolute atomic E-state index is 12.9. The highest BCUT2D eigenvalue weighted by molar-refractivity contribution is 6.03. The number of nitrogens with zero attached hydrogens (tertiary/aromatic N) is 4. The zero-order valence-corrected chi connectivity index (χ0v) is 19.1. The summed E-state index contributed by atoms with van der Waals surface area (Å²) >= 11 is 0. The van der Waals surface area contributed by atoms with E-state index in [1.807, 2.05) is 60.7 Å². The van der Waals surface area contributed by atoms with Gasteiger partial charge >= 0.3 is 0 Å². The molecule has 2 saturated heterocycles. The summed E-state index contributed by atoms with van der Waals surface area (Å²) in [7, 11) is 1.60. The number of carbonyl (C=O) groups excluding carboxylic acids is 2. The van der Waals surface area contributed by atoms with E-state index >= 15 is 0 Å². The van der Waals surface area contributed by atoms with Crippen molar-refractivity contribution in [2.24, 2.45) is 5.92 Å². The summed E-state index contributed by atoms with van der Waals surface area (Å²) in [6.07, 6.45) is 2.56. The fourth-order valence-corrected chi connectivity index (χ4v) is 4.49. The van der Waals surface area contributed by atoms with Crippen LogP contribution in [0.4, 0.5) is 17.2 Å². The summed E-state index contributed by atoms with van der Waals surface area (Å²) in [5.74, 6) is 0.972. The minimum absolute atomic E-state index is 0.0626. The largest absolute Gasteiger partial charge is 0.497 e. The van der Waals surface area contributed by atoms with E-state index < -0.39 is 5.92 Å². The first-order valence-electron chi connectivity index (χ1n) is 11.5. The first kappa shape index (κ1) is 21.9. The number of nitrogens with one attached hydrogen (secondary N) is 1. The van der Waals surface area contributed by atoms with Crippen LogP contribution in [0.3, 0.4) is 0 Å². The summed E-state index contributed by atoms with van der Waals surface area (Å²) in [5, 5.41) is 11.7. The van der Waals surface area contributed by atoms with Crippen molar-refractivity contribution < 1.29 is 14.3 Å². The van der Waals surface area contributed by atoms with Crippen LogP contribution < -0.4 is 19.9 Å². The molecule has 2 aliphatic rings. The molecular formula is C26H27N5O3. The molecule has 1 atom stereocenters. The van der Waals surface area contributed by atoms with Crippen LogP contribution in [0.5, 0.6) is 5.75 Å². The van der Waals surface area contributed by atoms with Gasteiger partial charge < -0.3 is 19.9 Å². The van der Waals surface area contributed by atoms with Crippen molar-refractivity contribution in [1.82, 2.24) is 10.2 Å². The lowest BCUT2D eigenvalue weighted by Gasteiger charge is -2.17. The molecule has 0 radical (unpaired) electrons. The number of benzene rings is 2. The molecule has 174 valence electrons. The number of aromatic nitrogens is 2. The van der Waals surface area contributed by atoms with E-state index in [2.05, 4.69) is 20.4 Å². The van der Waals surface area contributed by atoms with Crippen LogP contribution in [0.25, 0.3) is 11.3 Å². The molecule has 0 bridgehead atoms. The van der Waals surface area contributed by atoms with Gasteiger partial charge in [0.2, 0.25) is 11.8 Å². The predicted molar refractivity (Wildman–Crippen MR) is 131 cm³/mol. The Labute approximate surface area is 198 Å². The second kappa shape index (κ2) is 9.51. The van der Waals surface area contributed by atoms with E-state index in [1.165, 1.54) is 12.8 Å². The van der Waals surface area contributed by atoms with Crippen molar-refractivity contribution >= 4 is 29.0 Å². The normalized spacial score (nSPS) is 17.8. The molecule has 1 aromatic heterocycles. The summed E-state index contributed by atoms with van der Waals surface area (Å²) in [6, 6.07) is 18.8. The minimum atomic E-state index is -0.419. The van der Waals surface area contributed by atoms with Gasteiger partial charge in [-0.25, -0.2) is 0 Å². The molecule has 2 aromatic carbocycles. The van der Waals surface area contributed by atoms with Gasteiger partial charge in [0.25, 0.3) is 0 Å². The first-order chi connectivity index (χ1) is 16.6. The van der Waals surface area contributed by atoms with Gasteiger partial charge in [0, 0.05) is 43.0 Å². The van der Waals surface area contributed by atoms with Gasteiger partial charge in [0.15, 0.2) is 5.82 Å². The maximum atomic E-state index is 12.9. The average Bonchev–Trinajstić information content (AvgIpc) is 3.55. The van der Waals surface area contributed by atoms with Crippen molar-refractivity contribution in [2.75, 3.05) is 41.9 Å². The highest BCUT2D eigenvalue weighted by atomic mass is 16.5. The van der Waals surface area contributed by atoms with Crippen LogP contribution in [0.2, 0.25) is 0 Å². The second-order valence-corrected chi connectivity index (χ2v) is 8.64. The minimum Gasteiger partial charge on any atom is -0.497 e. The van der Waals surface area contributed by atoms with Crippen molar-refractivity contribution in [3.05, 3.63) is 60.7 Å². The lowest BCUT2D eigenvalue weighted by molar-refractivity contribution is -0.122. The zero-order valence-electron chi connectivity index (χ0n) is 19.1. The Hall–Kier alpha value is -3.94. The van der Waals surface area contributed by atoms with E-state index in [0.29, 0.717) is 12.2 Å². The van der Waals surface area contributed by atoms with Crippen molar-refractivity contribution in [3.8, 4) is 17.0 Å². The monoisotopic (exact) mass is 457 g/mol. The lowest BCUT2D eigenvalue weighted by Crippen LogP contribution is -2.28. The van der Waals surface area contributed by atoms with E-state index in [4.69, 9.17) is 4.74 Å². The van der Waals surface area contributed by atoms with E-state index in [-0.39, 0.29) is 18.2 Å². The van der Waals surface area contributed by atoms with Crippen LogP contribution in [-0.4, -0.2) is 48.8 Å². The molecule has 2 fully saturated rings. The molecule has 8 heteroatoms. The Bertz CT molecular complexity index is 1170. The summed E-state index contributed by atoms with van der Waals surface area (Å²) in [6.45, 7) is 2.39. The van der Waals surface area contributed by atoms with Gasteiger partial charge in [-0.15, -0.1) is 10.2 Å². The molecule has 0 spiro atoms. The highest BCUT2D eigenvalue weighted by Crippen LogP contribution is 2.28. The third-order valence-corrected chi connectivity index (χ3v) is 6.39. The van der Waals surface area contributed by atoms with Crippen molar-refractivity contribution in [2.45, 2.75) is 19.3 Å². The average molecular weight is 458 g/mol. The van der Waals surface area contributed by atoms with Crippen LogP contribution in [0.1, 0.15) is 19.3 Å². The van der Waals surface area contributed by atoms with Crippen LogP contribution in [0, 0.1) is 5.92 Å². The highest BCUT2D eigenvalue weighted by Gasteiger charge is 2.35. The predicted octanol–water partition coefficient (Wildman–Crippen LogP) is 3.74. The Morgan fingerprint density at radius 2 is 1.82 bits per heavy atom. The van der Waals surface area contributed by atoms with E-state index in [1.54, 1.807) is 12.0 Å². The smallest absolute Gasteiger partial charge is 0.229 e. The number of hydrogen-bond donors (Lipinski definition) is 1. The molecule has 34 heavy (non-hydrogen) atoms. The number of anilines is 3. The Balaban J connectivity index is 1.24. The summed E-state index contributed by atoms with van der Waals surface area (Å²) in [4.78, 5) is 29.4. The fraction of sp³-hybridized carbons (Fsp3) is 0.308. The second-order valence-electron chi connectivity index (χ2n) is 8.64. The van der Waals surface area contributed by atoms with E-state index in [9.17, 15) is 9.59 Å². The maximum Gasteiger partial charge on any atom is 0.229 e. The third kappa shape index (κ3) is 4.57. The summed E-state index contributed by atoms with van der Waals surface area (Å²) < 4.78 is 5.18. The number of ether oxygens (including phenoxy) is 1. The van der Waals surface area contributed by atoms with Crippen LogP contribution in [0.15, 0.2) is 60.7 Å². The zero-order chi connectivity index (χ0) is 23.5. The van der Waals surface area contributed by atoms with Gasteiger partial charge in [-0.1, -0.05) is 12.1 Å². The van der Waals surface area contributed by atoms with E-state index in [0.717, 1.165) is 41.6 Å². The quantitative estimate of drug-likeness (QED) is 0.607. The first-order valence-corrected chi connectivity index (χ1v) is 11.5. The Kier molecular flexibility index (Phi) is 6.12. The van der Waals surface area contributed by atoms with Gasteiger partial charge in [-0.3, -0.25) is 9.59 Å². The number of methoxy groups -OCH3 is 1. The Morgan fingerprint density at radius 3 is 2.53 bits per heavy atom. The lowest BCUT2D eigenvalue weighted by atomic mass is 10.1. The van der Waals surface area contributed by atoms with Crippen molar-refractivity contribution in [3.63, 3.8) is 0 Å². The topological polar surface area (TPSA) is 87.7 Å². The molecule has 1 N–H and O–H groups in total. The molecule has 3 aromatic rings. The number of rotatable bonds is 6. The molecule has 2 aliphatic heterocycles. The molecule has 0 aliphatic carbocycles. The number of hydrogen-bond acceptors (Lipinski definition) is 6. The molecule has 0 saturated carbocycles. The fourth-order valence-electron chi connectivity index (χ4n) is 4.49. The SMILES string of the molecule is COc1ccc(N2CC(C(=O)Nc3cccc(-c4ccc(N5CCCC5)nn4)c3)CC2=O)cc1. The van der Waals surface area contributed by atoms with Crippen LogP contribution in [-0.2, 0) is 9.59 Å². The number of carbonyl (C=O) groups is 2. The van der Waals surface area contributed by atoms with Gasteiger partial charge in [0.1, 0.15) is 5.75 Å². The standard InChI is InChI=1S/C26H27N5O3/c1-34-22-9-7-21(8-10-22)31-17-19(16-25(31)32)26(33)27-20-6-4-5-18(15-20)23-11-12-24(29-28-23)30-13-2-3-14-30/h4-12,15,19H,2-3,13-14,16-17H2,1H3,(H,27,33). The molecule has 3 heterocycles. The molecule has 1 unspecified atom stereocenters. The molecule has 2 amide bonds.